The third-order valence-electron chi connectivity index (χ3n) is 4.41. The van der Waals surface area contributed by atoms with Gasteiger partial charge in [0, 0.05) is 24.9 Å². The lowest BCUT2D eigenvalue weighted by Gasteiger charge is -2.35. The fourth-order valence-electron chi connectivity index (χ4n) is 3.26. The second-order valence-corrected chi connectivity index (χ2v) is 5.56. The first kappa shape index (κ1) is 12.6. The Labute approximate surface area is 112 Å². The van der Waals surface area contributed by atoms with E-state index in [1.807, 2.05) is 0 Å². The monoisotopic (exact) mass is 263 g/mol. The van der Waals surface area contributed by atoms with Crippen molar-refractivity contribution in [2.45, 2.75) is 43.9 Å². The maximum Gasteiger partial charge on any atom is 0.338 e. The number of carbonyl (C=O) groups excluding carboxylic acids is 1. The molecule has 3 atom stereocenters. The highest BCUT2D eigenvalue weighted by Gasteiger charge is 2.39. The Bertz CT molecular complexity index is 460. The highest BCUT2D eigenvalue weighted by molar-refractivity contribution is 5.89. The Morgan fingerprint density at radius 1 is 1.21 bits per heavy atom. The second kappa shape index (κ2) is 4.93. The lowest BCUT2D eigenvalue weighted by molar-refractivity contribution is -0.000451. The van der Waals surface area contributed by atoms with Gasteiger partial charge in [-0.3, -0.25) is 0 Å². The highest BCUT2D eigenvalue weighted by Crippen LogP contribution is 2.35. The molecular formula is C15H18FNO2. The van der Waals surface area contributed by atoms with E-state index >= 15 is 0 Å². The van der Waals surface area contributed by atoms with Crippen LogP contribution in [-0.2, 0) is 4.74 Å². The normalized spacial score (nSPS) is 30.3. The first-order valence-corrected chi connectivity index (χ1v) is 6.82. The molecule has 2 aliphatic rings. The van der Waals surface area contributed by atoms with E-state index in [1.54, 1.807) is 0 Å². The number of rotatable bonds is 2. The van der Waals surface area contributed by atoms with Crippen LogP contribution in [0.3, 0.4) is 0 Å². The molecule has 1 aromatic rings. The number of piperidine rings is 1. The summed E-state index contributed by atoms with van der Waals surface area (Å²) in [5, 5.41) is 0. The average molecular weight is 263 g/mol. The minimum Gasteiger partial charge on any atom is -0.459 e. The third kappa shape index (κ3) is 2.50. The topological polar surface area (TPSA) is 29.5 Å². The number of nitrogens with zero attached hydrogens (tertiary/aromatic N) is 1. The summed E-state index contributed by atoms with van der Waals surface area (Å²) in [6.07, 6.45) is 4.24. The van der Waals surface area contributed by atoms with Crippen LogP contribution < -0.4 is 0 Å². The summed E-state index contributed by atoms with van der Waals surface area (Å²) < 4.78 is 18.4. The largest absolute Gasteiger partial charge is 0.459 e. The summed E-state index contributed by atoms with van der Waals surface area (Å²) in [6.45, 7) is 0. The molecule has 1 aromatic carbocycles. The minimum absolute atomic E-state index is 0.00579. The molecule has 2 bridgehead atoms. The molecule has 0 aliphatic carbocycles. The van der Waals surface area contributed by atoms with E-state index in [2.05, 4.69) is 11.9 Å². The predicted molar refractivity (Wildman–Crippen MR) is 69.4 cm³/mol. The van der Waals surface area contributed by atoms with Crippen molar-refractivity contribution in [3.63, 3.8) is 0 Å². The van der Waals surface area contributed by atoms with E-state index in [-0.39, 0.29) is 17.9 Å². The maximum atomic E-state index is 12.8. The first-order chi connectivity index (χ1) is 9.13. The Balaban J connectivity index is 1.63. The molecule has 102 valence electrons. The number of benzene rings is 1. The molecule has 3 nitrogen and oxygen atoms in total. The molecule has 2 fully saturated rings. The Morgan fingerprint density at radius 3 is 2.37 bits per heavy atom. The zero-order valence-corrected chi connectivity index (χ0v) is 11.0. The smallest absolute Gasteiger partial charge is 0.338 e. The molecule has 0 saturated carbocycles. The number of hydrogen-bond acceptors (Lipinski definition) is 3. The van der Waals surface area contributed by atoms with Crippen LogP contribution >= 0.6 is 0 Å². The summed E-state index contributed by atoms with van der Waals surface area (Å²) in [6, 6.07) is 6.61. The van der Waals surface area contributed by atoms with Gasteiger partial charge in [-0.05, 0) is 44.2 Å². The summed E-state index contributed by atoms with van der Waals surface area (Å²) in [7, 11) is 2.15. The van der Waals surface area contributed by atoms with Crippen LogP contribution in [0.25, 0.3) is 0 Å². The number of carbonyl (C=O) groups is 1. The van der Waals surface area contributed by atoms with E-state index in [1.165, 1.54) is 37.1 Å². The fraction of sp³-hybridized carbons (Fsp3) is 0.533. The van der Waals surface area contributed by atoms with E-state index in [0.717, 1.165) is 12.8 Å². The standard InChI is InChI=1S/C15H18FNO2/c1-17-12-6-7-13(17)9-14(8-12)19-15(18)10-2-4-11(16)5-3-10/h2-5,12-14H,6-9H2,1H3/t12-,13+,14+. The van der Waals surface area contributed by atoms with Gasteiger partial charge in [0.25, 0.3) is 0 Å². The molecule has 0 radical (unpaired) electrons. The van der Waals surface area contributed by atoms with Crippen LogP contribution in [-0.4, -0.2) is 36.1 Å². The fourth-order valence-corrected chi connectivity index (χ4v) is 3.26. The van der Waals surface area contributed by atoms with Crippen LogP contribution in [0.1, 0.15) is 36.0 Å². The van der Waals surface area contributed by atoms with Crippen molar-refractivity contribution in [1.29, 1.82) is 0 Å². The summed E-state index contributed by atoms with van der Waals surface area (Å²) >= 11 is 0. The molecule has 0 N–H and O–H groups in total. The Kier molecular flexibility index (Phi) is 3.27. The molecule has 0 aromatic heterocycles. The molecule has 4 heteroatoms. The molecule has 2 saturated heterocycles. The van der Waals surface area contributed by atoms with E-state index in [0.29, 0.717) is 17.6 Å². The second-order valence-electron chi connectivity index (χ2n) is 5.56. The van der Waals surface area contributed by atoms with Crippen molar-refractivity contribution in [2.75, 3.05) is 7.05 Å². The van der Waals surface area contributed by atoms with Gasteiger partial charge in [-0.2, -0.15) is 0 Å². The van der Waals surface area contributed by atoms with Gasteiger partial charge in [-0.1, -0.05) is 0 Å². The zero-order valence-electron chi connectivity index (χ0n) is 11.0. The summed E-state index contributed by atoms with van der Waals surface area (Å²) in [5.74, 6) is -0.678. The van der Waals surface area contributed by atoms with Gasteiger partial charge in [0.15, 0.2) is 0 Å². The van der Waals surface area contributed by atoms with Gasteiger partial charge in [-0.15, -0.1) is 0 Å². The lowest BCUT2D eigenvalue weighted by atomic mass is 10.0. The zero-order chi connectivity index (χ0) is 13.4. The van der Waals surface area contributed by atoms with Crippen LogP contribution in [0, 0.1) is 5.82 Å². The van der Waals surface area contributed by atoms with Gasteiger partial charge in [0.05, 0.1) is 5.56 Å². The Morgan fingerprint density at radius 2 is 1.79 bits per heavy atom. The Hall–Kier alpha value is -1.42. The molecule has 0 unspecified atom stereocenters. The number of ether oxygens (including phenoxy) is 1. The predicted octanol–water partition coefficient (Wildman–Crippen LogP) is 2.61. The quantitative estimate of drug-likeness (QED) is 0.768. The van der Waals surface area contributed by atoms with Gasteiger partial charge in [0.1, 0.15) is 11.9 Å². The van der Waals surface area contributed by atoms with Gasteiger partial charge < -0.3 is 9.64 Å². The van der Waals surface area contributed by atoms with Crippen molar-refractivity contribution < 1.29 is 13.9 Å². The maximum absolute atomic E-state index is 12.8. The molecule has 0 amide bonds. The van der Waals surface area contributed by atoms with Gasteiger partial charge in [0.2, 0.25) is 0 Å². The number of halogens is 1. The van der Waals surface area contributed by atoms with Gasteiger partial charge >= 0.3 is 5.97 Å². The number of esters is 1. The van der Waals surface area contributed by atoms with Crippen molar-refractivity contribution in [2.24, 2.45) is 0 Å². The molecule has 0 spiro atoms. The van der Waals surface area contributed by atoms with Crippen LogP contribution in [0.15, 0.2) is 24.3 Å². The molecule has 2 aliphatic heterocycles. The van der Waals surface area contributed by atoms with Crippen molar-refractivity contribution >= 4 is 5.97 Å². The average Bonchev–Trinajstić information content (AvgIpc) is 2.63. The van der Waals surface area contributed by atoms with Crippen LogP contribution in [0.2, 0.25) is 0 Å². The minimum atomic E-state index is -0.339. The number of hydrogen-bond donors (Lipinski definition) is 0. The first-order valence-electron chi connectivity index (χ1n) is 6.82. The third-order valence-corrected chi connectivity index (χ3v) is 4.41. The van der Waals surface area contributed by atoms with Crippen molar-refractivity contribution in [3.8, 4) is 0 Å². The molecular weight excluding hydrogens is 245 g/mol. The van der Waals surface area contributed by atoms with Crippen molar-refractivity contribution in [3.05, 3.63) is 35.6 Å². The molecule has 3 rings (SSSR count). The van der Waals surface area contributed by atoms with E-state index in [4.69, 9.17) is 4.74 Å². The number of fused-ring (bicyclic) bond motifs is 2. The SMILES string of the molecule is CN1[C@@H]2CC[C@H]1C[C@@H](OC(=O)c1ccc(F)cc1)C2. The van der Waals surface area contributed by atoms with Crippen LogP contribution in [0.5, 0.6) is 0 Å². The summed E-state index contributed by atoms with van der Waals surface area (Å²) in [5.41, 5.74) is 0.424. The molecule has 19 heavy (non-hydrogen) atoms. The van der Waals surface area contributed by atoms with E-state index in [9.17, 15) is 9.18 Å². The molecule has 2 heterocycles. The summed E-state index contributed by atoms with van der Waals surface area (Å²) in [4.78, 5) is 14.4. The van der Waals surface area contributed by atoms with Gasteiger partial charge in [-0.25, -0.2) is 9.18 Å². The van der Waals surface area contributed by atoms with E-state index < -0.39 is 0 Å². The van der Waals surface area contributed by atoms with Crippen molar-refractivity contribution in [1.82, 2.24) is 4.90 Å². The highest BCUT2D eigenvalue weighted by atomic mass is 19.1. The van der Waals surface area contributed by atoms with Crippen LogP contribution in [0.4, 0.5) is 4.39 Å². The lowest BCUT2D eigenvalue weighted by Crippen LogP contribution is -2.43.